The Balaban J connectivity index is 1.65. The number of amides is 2. The summed E-state index contributed by atoms with van der Waals surface area (Å²) in [6.07, 6.45) is 0.805. The van der Waals surface area contributed by atoms with Gasteiger partial charge in [-0.05, 0) is 47.4 Å². The highest BCUT2D eigenvalue weighted by Crippen LogP contribution is 2.33. The maximum atomic E-state index is 12.6. The molecule has 1 aliphatic rings. The fraction of sp³-hybridized carbons (Fsp3) is 0.381. The van der Waals surface area contributed by atoms with Crippen LogP contribution in [0.4, 0.5) is 10.5 Å². The summed E-state index contributed by atoms with van der Waals surface area (Å²) in [5.41, 5.74) is 4.51. The second-order valence-electron chi connectivity index (χ2n) is 6.87. The Labute approximate surface area is 160 Å². The van der Waals surface area contributed by atoms with Gasteiger partial charge in [-0.2, -0.15) is 0 Å². The maximum absolute atomic E-state index is 12.6. The van der Waals surface area contributed by atoms with Crippen LogP contribution < -0.4 is 19.7 Å². The minimum atomic E-state index is -0.0503. The molecule has 3 rings (SSSR count). The Morgan fingerprint density at radius 2 is 1.81 bits per heavy atom. The zero-order chi connectivity index (χ0) is 19.4. The van der Waals surface area contributed by atoms with Crippen molar-refractivity contribution in [3.63, 3.8) is 0 Å². The van der Waals surface area contributed by atoms with Gasteiger partial charge in [0.05, 0.1) is 14.2 Å². The van der Waals surface area contributed by atoms with Crippen LogP contribution in [0.2, 0.25) is 0 Å². The van der Waals surface area contributed by atoms with Crippen LogP contribution in [-0.2, 0) is 19.5 Å². The van der Waals surface area contributed by atoms with Gasteiger partial charge in [0.15, 0.2) is 11.5 Å². The van der Waals surface area contributed by atoms with Crippen molar-refractivity contribution in [3.8, 4) is 11.5 Å². The lowest BCUT2D eigenvalue weighted by atomic mass is 9.99. The highest BCUT2D eigenvalue weighted by atomic mass is 16.5. The Morgan fingerprint density at radius 1 is 1.11 bits per heavy atom. The first-order valence-corrected chi connectivity index (χ1v) is 9.04. The molecule has 0 unspecified atom stereocenters. The Morgan fingerprint density at radius 3 is 2.48 bits per heavy atom. The van der Waals surface area contributed by atoms with Crippen molar-refractivity contribution in [2.75, 3.05) is 39.8 Å². The van der Waals surface area contributed by atoms with Crippen molar-refractivity contribution in [2.24, 2.45) is 0 Å². The van der Waals surface area contributed by atoms with E-state index in [2.05, 4.69) is 22.3 Å². The quantitative estimate of drug-likeness (QED) is 0.880. The Bertz CT molecular complexity index is 820. The molecule has 1 heterocycles. The van der Waals surface area contributed by atoms with Crippen molar-refractivity contribution < 1.29 is 14.3 Å². The number of anilines is 1. The molecule has 6 nitrogen and oxygen atoms in total. The van der Waals surface area contributed by atoms with Crippen LogP contribution in [0.15, 0.2) is 36.4 Å². The van der Waals surface area contributed by atoms with Gasteiger partial charge in [0.2, 0.25) is 0 Å². The number of carbonyl (C=O) groups excluding carboxylic acids is 1. The van der Waals surface area contributed by atoms with Gasteiger partial charge in [0.1, 0.15) is 0 Å². The summed E-state index contributed by atoms with van der Waals surface area (Å²) in [5, 5.41) is 3.03. The highest BCUT2D eigenvalue weighted by molar-refractivity contribution is 5.74. The molecule has 0 aliphatic carbocycles. The van der Waals surface area contributed by atoms with Crippen LogP contribution in [0.1, 0.15) is 16.7 Å². The molecule has 0 fully saturated rings. The lowest BCUT2D eigenvalue weighted by molar-refractivity contribution is 0.191. The van der Waals surface area contributed by atoms with Gasteiger partial charge in [-0.3, -0.25) is 0 Å². The number of methoxy groups -OCH3 is 2. The number of fused-ring (bicyclic) bond motifs is 1. The summed E-state index contributed by atoms with van der Waals surface area (Å²) in [5.74, 6) is 1.42. The molecule has 2 aromatic carbocycles. The van der Waals surface area contributed by atoms with E-state index >= 15 is 0 Å². The van der Waals surface area contributed by atoms with Crippen molar-refractivity contribution in [3.05, 3.63) is 53.1 Å². The second kappa shape index (κ2) is 8.20. The SMILES string of the molecule is COc1cc2c(cc1OC)CN(C(=O)NCc1cccc(N(C)C)c1)CC2. The minimum Gasteiger partial charge on any atom is -0.493 e. The van der Waals surface area contributed by atoms with Gasteiger partial charge in [-0.1, -0.05) is 12.1 Å². The summed E-state index contributed by atoms with van der Waals surface area (Å²) < 4.78 is 10.8. The van der Waals surface area contributed by atoms with E-state index < -0.39 is 0 Å². The molecule has 0 spiro atoms. The molecule has 0 radical (unpaired) electrons. The fourth-order valence-corrected chi connectivity index (χ4v) is 3.29. The molecular weight excluding hydrogens is 342 g/mol. The molecule has 0 saturated carbocycles. The molecule has 27 heavy (non-hydrogen) atoms. The molecule has 1 N–H and O–H groups in total. The van der Waals surface area contributed by atoms with Gasteiger partial charge < -0.3 is 24.6 Å². The van der Waals surface area contributed by atoms with Crippen LogP contribution >= 0.6 is 0 Å². The van der Waals surface area contributed by atoms with Crippen molar-refractivity contribution in [1.82, 2.24) is 10.2 Å². The molecule has 1 aliphatic heterocycles. The average Bonchev–Trinajstić information content (AvgIpc) is 2.70. The predicted octanol–water partition coefficient (Wildman–Crippen LogP) is 3.04. The average molecular weight is 369 g/mol. The van der Waals surface area contributed by atoms with E-state index in [-0.39, 0.29) is 6.03 Å². The predicted molar refractivity (Wildman–Crippen MR) is 107 cm³/mol. The van der Waals surface area contributed by atoms with Crippen LogP contribution in [-0.4, -0.2) is 45.8 Å². The number of ether oxygens (including phenoxy) is 2. The van der Waals surface area contributed by atoms with Crippen molar-refractivity contribution in [1.29, 1.82) is 0 Å². The van der Waals surface area contributed by atoms with Gasteiger partial charge in [-0.25, -0.2) is 4.79 Å². The molecule has 2 amide bonds. The highest BCUT2D eigenvalue weighted by Gasteiger charge is 2.22. The smallest absolute Gasteiger partial charge is 0.317 e. The van der Waals surface area contributed by atoms with Crippen LogP contribution in [0, 0.1) is 0 Å². The van der Waals surface area contributed by atoms with E-state index in [1.807, 2.05) is 43.3 Å². The Kier molecular flexibility index (Phi) is 5.74. The largest absolute Gasteiger partial charge is 0.493 e. The standard InChI is InChI=1S/C21H27N3O3/c1-23(2)18-7-5-6-15(10-18)13-22-21(25)24-9-8-16-11-19(26-3)20(27-4)12-17(16)14-24/h5-7,10-12H,8-9,13-14H2,1-4H3,(H,22,25). The monoisotopic (exact) mass is 369 g/mol. The molecule has 6 heteroatoms. The first-order chi connectivity index (χ1) is 13.0. The zero-order valence-corrected chi connectivity index (χ0v) is 16.4. The third-order valence-electron chi connectivity index (χ3n) is 4.88. The molecule has 2 aromatic rings. The molecular formula is C21H27N3O3. The van der Waals surface area contributed by atoms with E-state index in [9.17, 15) is 4.79 Å². The fourth-order valence-electron chi connectivity index (χ4n) is 3.29. The topological polar surface area (TPSA) is 54.0 Å². The third kappa shape index (κ3) is 4.27. The number of carbonyl (C=O) groups is 1. The molecule has 0 saturated heterocycles. The number of nitrogens with zero attached hydrogens (tertiary/aromatic N) is 2. The molecule has 0 atom stereocenters. The van der Waals surface area contributed by atoms with Crippen molar-refractivity contribution in [2.45, 2.75) is 19.5 Å². The van der Waals surface area contributed by atoms with E-state index in [4.69, 9.17) is 9.47 Å². The van der Waals surface area contributed by atoms with Gasteiger partial charge in [-0.15, -0.1) is 0 Å². The molecule has 144 valence electrons. The number of hydrogen-bond donors (Lipinski definition) is 1. The first kappa shape index (κ1) is 18.9. The van der Waals surface area contributed by atoms with E-state index in [1.165, 1.54) is 5.56 Å². The summed E-state index contributed by atoms with van der Waals surface area (Å²) >= 11 is 0. The number of rotatable bonds is 5. The van der Waals surface area contributed by atoms with E-state index in [1.54, 1.807) is 14.2 Å². The number of nitrogens with one attached hydrogen (secondary N) is 1. The lowest BCUT2D eigenvalue weighted by Gasteiger charge is -2.29. The van der Waals surface area contributed by atoms with Gasteiger partial charge >= 0.3 is 6.03 Å². The Hall–Kier alpha value is -2.89. The third-order valence-corrected chi connectivity index (χ3v) is 4.88. The number of urea groups is 1. The van der Waals surface area contributed by atoms with E-state index in [0.717, 1.165) is 29.0 Å². The minimum absolute atomic E-state index is 0.0503. The normalized spacial score (nSPS) is 13.0. The summed E-state index contributed by atoms with van der Waals surface area (Å²) in [6.45, 7) is 1.76. The maximum Gasteiger partial charge on any atom is 0.317 e. The van der Waals surface area contributed by atoms with Crippen LogP contribution in [0.3, 0.4) is 0 Å². The number of benzene rings is 2. The van der Waals surface area contributed by atoms with Crippen molar-refractivity contribution >= 4 is 11.7 Å². The summed E-state index contributed by atoms with van der Waals surface area (Å²) in [7, 11) is 7.27. The molecule has 0 aromatic heterocycles. The number of hydrogen-bond acceptors (Lipinski definition) is 4. The van der Waals surface area contributed by atoms with Crippen LogP contribution in [0.5, 0.6) is 11.5 Å². The van der Waals surface area contributed by atoms with E-state index in [0.29, 0.717) is 25.4 Å². The lowest BCUT2D eigenvalue weighted by Crippen LogP contribution is -2.42. The molecule has 0 bridgehead atoms. The van der Waals surface area contributed by atoms with Gasteiger partial charge in [0.25, 0.3) is 0 Å². The summed E-state index contributed by atoms with van der Waals surface area (Å²) in [6, 6.07) is 12.1. The zero-order valence-electron chi connectivity index (χ0n) is 16.4. The van der Waals surface area contributed by atoms with Crippen LogP contribution in [0.25, 0.3) is 0 Å². The van der Waals surface area contributed by atoms with Gasteiger partial charge in [0, 0.05) is 39.4 Å². The second-order valence-corrected chi connectivity index (χ2v) is 6.87. The summed E-state index contributed by atoms with van der Waals surface area (Å²) in [4.78, 5) is 16.5. The first-order valence-electron chi connectivity index (χ1n) is 9.04.